The highest BCUT2D eigenvalue weighted by Crippen LogP contribution is 2.26. The highest BCUT2D eigenvalue weighted by atomic mass is 16.2. The molecular formula is C22H26N8O2. The topological polar surface area (TPSA) is 111 Å². The van der Waals surface area contributed by atoms with Crippen molar-refractivity contribution >= 4 is 11.7 Å². The minimum atomic E-state index is -0.209. The van der Waals surface area contributed by atoms with Gasteiger partial charge in [-0.15, -0.1) is 10.2 Å². The smallest absolute Gasteiger partial charge is 0.266 e. The molecule has 10 heteroatoms. The molecule has 2 aliphatic rings. The third-order valence-corrected chi connectivity index (χ3v) is 6.21. The maximum atomic E-state index is 12.6. The normalized spacial score (nSPS) is 16.2. The Bertz CT molecular complexity index is 1150. The van der Waals surface area contributed by atoms with Crippen LogP contribution in [0.3, 0.4) is 0 Å². The summed E-state index contributed by atoms with van der Waals surface area (Å²) < 4.78 is 2.94. The van der Waals surface area contributed by atoms with Crippen LogP contribution in [-0.2, 0) is 24.2 Å². The van der Waals surface area contributed by atoms with Crippen molar-refractivity contribution in [2.24, 2.45) is 5.92 Å². The number of aryl methyl sites for hydroxylation is 2. The van der Waals surface area contributed by atoms with Crippen molar-refractivity contribution in [2.45, 2.75) is 38.6 Å². The number of hydrogen-bond acceptors (Lipinski definition) is 7. The van der Waals surface area contributed by atoms with Crippen molar-refractivity contribution in [3.63, 3.8) is 0 Å². The van der Waals surface area contributed by atoms with Gasteiger partial charge in [0.15, 0.2) is 11.6 Å². The Kier molecular flexibility index (Phi) is 5.66. The Balaban J connectivity index is 1.12. The van der Waals surface area contributed by atoms with Crippen molar-refractivity contribution in [1.29, 1.82) is 0 Å². The van der Waals surface area contributed by atoms with Crippen molar-refractivity contribution in [2.75, 3.05) is 24.5 Å². The van der Waals surface area contributed by atoms with Gasteiger partial charge < -0.3 is 10.2 Å². The molecule has 32 heavy (non-hydrogen) atoms. The lowest BCUT2D eigenvalue weighted by atomic mass is 9.96. The summed E-state index contributed by atoms with van der Waals surface area (Å²) >= 11 is 0. The zero-order chi connectivity index (χ0) is 21.9. The van der Waals surface area contributed by atoms with Crippen molar-refractivity contribution in [3.05, 3.63) is 58.3 Å². The largest absolute Gasteiger partial charge is 0.355 e. The standard InChI is InChI=1S/C22H26N8O2/c31-21-6-5-19(29-11-2-9-24-29)27-30(21)14-10-23-22(32)16-7-12-28(13-8-16)20-15-17-3-1-4-18(17)25-26-20/h2,5-6,9,11,15-16H,1,3-4,7-8,10,12-14H2,(H,23,32). The lowest BCUT2D eigenvalue weighted by Gasteiger charge is -2.32. The van der Waals surface area contributed by atoms with Gasteiger partial charge >= 0.3 is 0 Å². The Hall–Kier alpha value is -3.56. The minimum Gasteiger partial charge on any atom is -0.355 e. The molecule has 0 spiro atoms. The second-order valence-corrected chi connectivity index (χ2v) is 8.28. The highest BCUT2D eigenvalue weighted by Gasteiger charge is 2.26. The fraction of sp³-hybridized carbons (Fsp3) is 0.455. The molecule has 1 saturated heterocycles. The fourth-order valence-corrected chi connectivity index (χ4v) is 4.40. The van der Waals surface area contributed by atoms with Gasteiger partial charge in [-0.2, -0.15) is 10.2 Å². The number of carbonyl (C=O) groups excluding carboxylic acids is 1. The quantitative estimate of drug-likeness (QED) is 0.609. The number of rotatable bonds is 6. The maximum Gasteiger partial charge on any atom is 0.266 e. The number of amides is 1. The van der Waals surface area contributed by atoms with E-state index in [0.717, 1.165) is 56.7 Å². The predicted octanol–water partition coefficient (Wildman–Crippen LogP) is 0.740. The lowest BCUT2D eigenvalue weighted by Crippen LogP contribution is -2.42. The molecule has 5 rings (SSSR count). The van der Waals surface area contributed by atoms with Gasteiger partial charge in [0.05, 0.1) is 12.2 Å². The zero-order valence-corrected chi connectivity index (χ0v) is 17.9. The molecule has 0 unspecified atom stereocenters. The molecular weight excluding hydrogens is 408 g/mol. The summed E-state index contributed by atoms with van der Waals surface area (Å²) in [5.41, 5.74) is 2.24. The third-order valence-electron chi connectivity index (χ3n) is 6.21. The molecule has 1 fully saturated rings. The van der Waals surface area contributed by atoms with E-state index in [9.17, 15) is 9.59 Å². The molecule has 0 saturated carbocycles. The van der Waals surface area contributed by atoms with Crippen LogP contribution in [0.5, 0.6) is 0 Å². The van der Waals surface area contributed by atoms with E-state index in [2.05, 4.69) is 36.7 Å². The van der Waals surface area contributed by atoms with E-state index >= 15 is 0 Å². The number of anilines is 1. The SMILES string of the molecule is O=C(NCCn1nc(-n2cccn2)ccc1=O)C1CCN(c2cc3c(nn2)CCC3)CC1. The third kappa shape index (κ3) is 4.25. The molecule has 1 aliphatic carbocycles. The van der Waals surface area contributed by atoms with Gasteiger partial charge in [0.2, 0.25) is 5.91 Å². The van der Waals surface area contributed by atoms with Gasteiger partial charge in [0.25, 0.3) is 5.56 Å². The van der Waals surface area contributed by atoms with Gasteiger partial charge in [0.1, 0.15) is 0 Å². The molecule has 1 amide bonds. The van der Waals surface area contributed by atoms with E-state index in [0.29, 0.717) is 18.9 Å². The first-order chi connectivity index (χ1) is 15.7. The monoisotopic (exact) mass is 434 g/mol. The Morgan fingerprint density at radius 2 is 2.00 bits per heavy atom. The van der Waals surface area contributed by atoms with E-state index in [4.69, 9.17) is 0 Å². The number of hydrogen-bond donors (Lipinski definition) is 1. The van der Waals surface area contributed by atoms with Crippen LogP contribution in [0, 0.1) is 5.92 Å². The summed E-state index contributed by atoms with van der Waals surface area (Å²) in [6, 6.07) is 7.05. The number of piperidine rings is 1. The minimum absolute atomic E-state index is 0.0287. The van der Waals surface area contributed by atoms with E-state index < -0.39 is 0 Å². The Morgan fingerprint density at radius 1 is 1.12 bits per heavy atom. The van der Waals surface area contributed by atoms with Crippen LogP contribution in [0.15, 0.2) is 41.5 Å². The first kappa shape index (κ1) is 20.3. The molecule has 3 aromatic rings. The van der Waals surface area contributed by atoms with Gasteiger partial charge in [-0.05, 0) is 55.9 Å². The van der Waals surface area contributed by atoms with Gasteiger partial charge in [-0.3, -0.25) is 9.59 Å². The number of carbonyl (C=O) groups is 1. The number of aromatic nitrogens is 6. The molecule has 0 bridgehead atoms. The van der Waals surface area contributed by atoms with Crippen LogP contribution in [0.25, 0.3) is 5.82 Å². The average Bonchev–Trinajstić information content (AvgIpc) is 3.52. The number of fused-ring (bicyclic) bond motifs is 1. The Morgan fingerprint density at radius 3 is 2.81 bits per heavy atom. The summed E-state index contributed by atoms with van der Waals surface area (Å²) in [6.07, 6.45) is 8.23. The lowest BCUT2D eigenvalue weighted by molar-refractivity contribution is -0.125. The highest BCUT2D eigenvalue weighted by molar-refractivity contribution is 5.78. The second kappa shape index (κ2) is 8.89. The van der Waals surface area contributed by atoms with E-state index in [1.165, 1.54) is 16.3 Å². The number of nitrogens with one attached hydrogen (secondary N) is 1. The Labute approximate surface area is 185 Å². The van der Waals surface area contributed by atoms with Crippen LogP contribution >= 0.6 is 0 Å². The van der Waals surface area contributed by atoms with Crippen LogP contribution in [0.2, 0.25) is 0 Å². The molecule has 1 aliphatic heterocycles. The predicted molar refractivity (Wildman–Crippen MR) is 118 cm³/mol. The number of nitrogens with zero attached hydrogens (tertiary/aromatic N) is 7. The van der Waals surface area contributed by atoms with Crippen LogP contribution in [0.4, 0.5) is 5.82 Å². The van der Waals surface area contributed by atoms with E-state index in [1.54, 1.807) is 29.2 Å². The van der Waals surface area contributed by atoms with Gasteiger partial charge in [-0.25, -0.2) is 9.36 Å². The average molecular weight is 435 g/mol. The second-order valence-electron chi connectivity index (χ2n) is 8.28. The molecule has 166 valence electrons. The molecule has 0 radical (unpaired) electrons. The van der Waals surface area contributed by atoms with E-state index in [1.807, 2.05) is 0 Å². The van der Waals surface area contributed by atoms with Crippen molar-refractivity contribution in [3.8, 4) is 5.82 Å². The van der Waals surface area contributed by atoms with E-state index in [-0.39, 0.29) is 17.4 Å². The van der Waals surface area contributed by atoms with Crippen LogP contribution in [-0.4, -0.2) is 55.3 Å². The molecule has 0 atom stereocenters. The molecule has 1 N–H and O–H groups in total. The fourth-order valence-electron chi connectivity index (χ4n) is 4.40. The molecule has 4 heterocycles. The molecule has 10 nitrogen and oxygen atoms in total. The maximum absolute atomic E-state index is 12.6. The summed E-state index contributed by atoms with van der Waals surface area (Å²) in [4.78, 5) is 27.0. The summed E-state index contributed by atoms with van der Waals surface area (Å²) in [7, 11) is 0. The summed E-state index contributed by atoms with van der Waals surface area (Å²) in [5.74, 6) is 1.48. The van der Waals surface area contributed by atoms with Gasteiger partial charge in [0, 0.05) is 44.0 Å². The molecule has 0 aromatic carbocycles. The van der Waals surface area contributed by atoms with Crippen molar-refractivity contribution < 1.29 is 4.79 Å². The van der Waals surface area contributed by atoms with Crippen LogP contribution < -0.4 is 15.8 Å². The first-order valence-corrected chi connectivity index (χ1v) is 11.1. The van der Waals surface area contributed by atoms with Crippen molar-refractivity contribution in [1.82, 2.24) is 35.1 Å². The molecule has 3 aromatic heterocycles. The summed E-state index contributed by atoms with van der Waals surface area (Å²) in [6.45, 7) is 2.24. The van der Waals surface area contributed by atoms with Gasteiger partial charge in [-0.1, -0.05) is 0 Å². The summed E-state index contributed by atoms with van der Waals surface area (Å²) in [5, 5.41) is 20.2. The first-order valence-electron chi connectivity index (χ1n) is 11.1. The zero-order valence-electron chi connectivity index (χ0n) is 17.9. The van der Waals surface area contributed by atoms with Crippen LogP contribution in [0.1, 0.15) is 30.5 Å².